The smallest absolute Gasteiger partial charge is 0.324 e. The van der Waals surface area contributed by atoms with Crippen molar-refractivity contribution < 1.29 is 27.6 Å². The van der Waals surface area contributed by atoms with Crippen LogP contribution in [0.3, 0.4) is 0 Å². The molecule has 3 aliphatic heterocycles. The Morgan fingerprint density at radius 3 is 2.26 bits per heavy atom. The third-order valence-corrected chi connectivity index (χ3v) is 8.15. The van der Waals surface area contributed by atoms with E-state index in [9.17, 15) is 13.6 Å². The Labute approximate surface area is 246 Å². The van der Waals surface area contributed by atoms with Crippen LogP contribution in [0.15, 0.2) is 53.1 Å². The number of alkyl halides is 2. The SMILES string of the molecule is CC(C)c1noc(N2CCC3(CC2)Oc2ccccc2CC3(F)F)n1.Cc1ccc(C(=O)N2CC(C)OC(C)C2)cc1. The maximum Gasteiger partial charge on any atom is 0.324 e. The molecule has 0 saturated carbocycles. The van der Waals surface area contributed by atoms with E-state index in [2.05, 4.69) is 10.1 Å². The molecule has 3 aromatic rings. The molecule has 8 nitrogen and oxygen atoms in total. The Balaban J connectivity index is 0.000000181. The topological polar surface area (TPSA) is 80.9 Å². The monoisotopic (exact) mass is 582 g/mol. The fourth-order valence-electron chi connectivity index (χ4n) is 5.77. The first kappa shape index (κ1) is 29.9. The first-order chi connectivity index (χ1) is 20.0. The summed E-state index contributed by atoms with van der Waals surface area (Å²) in [5.41, 5.74) is 1.04. The van der Waals surface area contributed by atoms with Crippen LogP contribution in [-0.4, -0.2) is 70.9 Å². The number of hydrogen-bond donors (Lipinski definition) is 0. The molecule has 1 aromatic heterocycles. The Kier molecular flexibility index (Phi) is 8.55. The predicted octanol–water partition coefficient (Wildman–Crippen LogP) is 6.05. The van der Waals surface area contributed by atoms with Crippen LogP contribution in [0.5, 0.6) is 5.75 Å². The normalized spacial score (nSPS) is 22.7. The summed E-state index contributed by atoms with van der Waals surface area (Å²) in [5.74, 6) is -1.43. The van der Waals surface area contributed by atoms with Gasteiger partial charge in [-0.3, -0.25) is 4.79 Å². The summed E-state index contributed by atoms with van der Waals surface area (Å²) >= 11 is 0. The summed E-state index contributed by atoms with van der Waals surface area (Å²) in [6.45, 7) is 12.1. The summed E-state index contributed by atoms with van der Waals surface area (Å²) in [6, 6.07) is 15.2. The van der Waals surface area contributed by atoms with Crippen LogP contribution in [0.1, 0.15) is 73.8 Å². The van der Waals surface area contributed by atoms with Gasteiger partial charge in [0.1, 0.15) is 5.75 Å². The molecule has 0 bridgehead atoms. The van der Waals surface area contributed by atoms with E-state index in [4.69, 9.17) is 14.0 Å². The zero-order valence-corrected chi connectivity index (χ0v) is 25.0. The van der Waals surface area contributed by atoms with Gasteiger partial charge in [0.15, 0.2) is 11.4 Å². The highest BCUT2D eigenvalue weighted by atomic mass is 19.3. The third-order valence-electron chi connectivity index (χ3n) is 8.15. The van der Waals surface area contributed by atoms with Crippen molar-refractivity contribution in [3.05, 3.63) is 71.0 Å². The van der Waals surface area contributed by atoms with Crippen molar-refractivity contribution >= 4 is 11.9 Å². The maximum absolute atomic E-state index is 14.9. The number of carbonyl (C=O) groups excluding carboxylic acids is 1. The summed E-state index contributed by atoms with van der Waals surface area (Å²) in [4.78, 5) is 20.4. The van der Waals surface area contributed by atoms with Crippen LogP contribution in [0, 0.1) is 6.92 Å². The van der Waals surface area contributed by atoms with E-state index < -0.39 is 11.5 Å². The maximum atomic E-state index is 14.9. The number of halogens is 2. The molecule has 0 aliphatic carbocycles. The lowest BCUT2D eigenvalue weighted by molar-refractivity contribution is -0.185. The van der Waals surface area contributed by atoms with Crippen molar-refractivity contribution in [1.82, 2.24) is 15.0 Å². The second-order valence-corrected chi connectivity index (χ2v) is 12.0. The largest absolute Gasteiger partial charge is 0.481 e. The molecule has 1 spiro atoms. The molecule has 2 unspecified atom stereocenters. The number of amides is 1. The number of morpholine rings is 1. The average molecular weight is 583 g/mol. The van der Waals surface area contributed by atoms with E-state index in [0.29, 0.717) is 49.3 Å². The minimum absolute atomic E-state index is 0.104. The molecule has 42 heavy (non-hydrogen) atoms. The van der Waals surface area contributed by atoms with Crippen LogP contribution in [-0.2, 0) is 11.2 Å². The Morgan fingerprint density at radius 1 is 1.00 bits per heavy atom. The summed E-state index contributed by atoms with van der Waals surface area (Å²) in [5, 5.41) is 3.95. The third kappa shape index (κ3) is 6.28. The second kappa shape index (κ2) is 12.0. The zero-order valence-electron chi connectivity index (χ0n) is 25.0. The van der Waals surface area contributed by atoms with Gasteiger partial charge in [-0.25, -0.2) is 8.78 Å². The van der Waals surface area contributed by atoms with Gasteiger partial charge in [-0.05, 0) is 39.0 Å². The minimum Gasteiger partial charge on any atom is -0.481 e. The number of aromatic nitrogens is 2. The second-order valence-electron chi connectivity index (χ2n) is 12.0. The van der Waals surface area contributed by atoms with Crippen LogP contribution in [0.4, 0.5) is 14.8 Å². The number of benzene rings is 2. The highest BCUT2D eigenvalue weighted by Crippen LogP contribution is 2.48. The predicted molar refractivity (Wildman–Crippen MR) is 155 cm³/mol. The van der Waals surface area contributed by atoms with Gasteiger partial charge >= 0.3 is 6.01 Å². The van der Waals surface area contributed by atoms with Gasteiger partial charge < -0.3 is 23.8 Å². The van der Waals surface area contributed by atoms with Crippen molar-refractivity contribution in [2.24, 2.45) is 0 Å². The van der Waals surface area contributed by atoms with Crippen molar-refractivity contribution in [2.45, 2.75) is 83.5 Å². The number of hydrogen-bond acceptors (Lipinski definition) is 7. The van der Waals surface area contributed by atoms with E-state index in [-0.39, 0.29) is 43.3 Å². The molecular weight excluding hydrogens is 542 g/mol. The van der Waals surface area contributed by atoms with Crippen molar-refractivity contribution in [3.63, 3.8) is 0 Å². The molecule has 0 radical (unpaired) electrons. The number of aryl methyl sites for hydroxylation is 1. The molecule has 10 heteroatoms. The first-order valence-corrected chi connectivity index (χ1v) is 14.7. The van der Waals surface area contributed by atoms with Crippen molar-refractivity contribution in [2.75, 3.05) is 31.1 Å². The van der Waals surface area contributed by atoms with E-state index in [1.807, 2.05) is 74.8 Å². The Bertz CT molecular complexity index is 1360. The average Bonchev–Trinajstić information content (AvgIpc) is 3.45. The highest BCUT2D eigenvalue weighted by molar-refractivity contribution is 5.94. The molecule has 1 amide bonds. The molecule has 0 N–H and O–H groups in total. The number of para-hydroxylation sites is 1. The minimum atomic E-state index is -2.90. The van der Waals surface area contributed by atoms with Gasteiger partial charge in [0.25, 0.3) is 11.8 Å². The number of ether oxygens (including phenoxy) is 2. The van der Waals surface area contributed by atoms with E-state index >= 15 is 0 Å². The number of nitrogens with zero attached hydrogens (tertiary/aromatic N) is 4. The van der Waals surface area contributed by atoms with Crippen LogP contribution < -0.4 is 9.64 Å². The lowest BCUT2D eigenvalue weighted by Gasteiger charge is -2.48. The molecule has 2 saturated heterocycles. The van der Waals surface area contributed by atoms with E-state index in [0.717, 1.165) is 5.56 Å². The van der Waals surface area contributed by atoms with Crippen LogP contribution >= 0.6 is 0 Å². The molecular formula is C32H40F2N4O4. The molecule has 2 aromatic carbocycles. The highest BCUT2D eigenvalue weighted by Gasteiger charge is 2.59. The lowest BCUT2D eigenvalue weighted by atomic mass is 9.80. The molecule has 2 fully saturated rings. The number of rotatable bonds is 3. The van der Waals surface area contributed by atoms with Crippen molar-refractivity contribution in [3.8, 4) is 5.75 Å². The fraction of sp³-hybridized carbons (Fsp3) is 0.531. The van der Waals surface area contributed by atoms with Gasteiger partial charge in [0.2, 0.25) is 0 Å². The number of carbonyl (C=O) groups is 1. The van der Waals surface area contributed by atoms with Crippen molar-refractivity contribution in [1.29, 1.82) is 0 Å². The molecule has 3 aliphatic rings. The molecule has 2 atom stereocenters. The lowest BCUT2D eigenvalue weighted by Crippen LogP contribution is -2.61. The van der Waals surface area contributed by atoms with Crippen LogP contribution in [0.25, 0.3) is 0 Å². The van der Waals surface area contributed by atoms with E-state index in [1.54, 1.807) is 18.2 Å². The Hall–Kier alpha value is -3.53. The zero-order chi connectivity index (χ0) is 30.1. The molecule has 226 valence electrons. The van der Waals surface area contributed by atoms with Gasteiger partial charge in [0, 0.05) is 62.5 Å². The standard InChI is InChI=1S/C18H21F2N3O2.C14H19NO2/c1-12(2)15-21-16(25-22-15)23-9-7-17(8-10-23)18(19,20)11-13-5-3-4-6-14(13)24-17;1-10-4-6-13(7-5-10)14(16)15-8-11(2)17-12(3)9-15/h3-6,12H,7-11H2,1-2H3;4-7,11-12H,8-9H2,1-3H3. The number of anilines is 1. The first-order valence-electron chi connectivity index (χ1n) is 14.7. The van der Waals surface area contributed by atoms with E-state index in [1.165, 1.54) is 5.56 Å². The van der Waals surface area contributed by atoms with Crippen LogP contribution in [0.2, 0.25) is 0 Å². The van der Waals surface area contributed by atoms with Gasteiger partial charge in [-0.1, -0.05) is 54.9 Å². The number of fused-ring (bicyclic) bond motifs is 1. The van der Waals surface area contributed by atoms with Gasteiger partial charge in [-0.15, -0.1) is 0 Å². The Morgan fingerprint density at radius 2 is 1.64 bits per heavy atom. The number of piperidine rings is 1. The summed E-state index contributed by atoms with van der Waals surface area (Å²) in [6.07, 6.45) is 0.393. The summed E-state index contributed by atoms with van der Waals surface area (Å²) < 4.78 is 46.5. The molecule has 6 rings (SSSR count). The van der Waals surface area contributed by atoms with Gasteiger partial charge in [0.05, 0.1) is 12.2 Å². The summed E-state index contributed by atoms with van der Waals surface area (Å²) in [7, 11) is 0. The molecule has 4 heterocycles. The fourth-order valence-corrected chi connectivity index (χ4v) is 5.77. The van der Waals surface area contributed by atoms with Gasteiger partial charge in [-0.2, -0.15) is 4.98 Å². The quantitative estimate of drug-likeness (QED) is 0.372.